The highest BCUT2D eigenvalue weighted by atomic mass is 32.1. The lowest BCUT2D eigenvalue weighted by molar-refractivity contribution is 0.881. The van der Waals surface area contributed by atoms with Crippen LogP contribution in [0.15, 0.2) is 41.3 Å². The van der Waals surface area contributed by atoms with E-state index < -0.39 is 0 Å². The standard InChI is InChI=1S/C16H13N3OS/c1-9-4-3-5-11-14(9)17-8-12-15(11)18-19(16(12)20)13-7-6-10(2)21-13/h3-8,18H,1-2H3. The number of hydrogen-bond acceptors (Lipinski definition) is 3. The van der Waals surface area contributed by atoms with Gasteiger partial charge >= 0.3 is 0 Å². The van der Waals surface area contributed by atoms with Crippen LogP contribution in [0.1, 0.15) is 10.4 Å². The lowest BCUT2D eigenvalue weighted by Gasteiger charge is -2.01. The van der Waals surface area contributed by atoms with Crippen LogP contribution in [-0.2, 0) is 0 Å². The number of H-pyrrole nitrogens is 1. The van der Waals surface area contributed by atoms with Crippen LogP contribution in [0, 0.1) is 13.8 Å². The van der Waals surface area contributed by atoms with Crippen LogP contribution in [0.25, 0.3) is 26.8 Å². The Morgan fingerprint density at radius 1 is 1.14 bits per heavy atom. The van der Waals surface area contributed by atoms with Crippen molar-refractivity contribution in [2.45, 2.75) is 13.8 Å². The number of hydrogen-bond donors (Lipinski definition) is 1. The van der Waals surface area contributed by atoms with E-state index >= 15 is 0 Å². The van der Waals surface area contributed by atoms with Gasteiger partial charge in [0.25, 0.3) is 5.56 Å². The number of aromatic nitrogens is 3. The van der Waals surface area contributed by atoms with E-state index in [-0.39, 0.29) is 5.56 Å². The zero-order valence-corrected chi connectivity index (χ0v) is 12.5. The average Bonchev–Trinajstić information content (AvgIpc) is 3.04. The van der Waals surface area contributed by atoms with Crippen molar-refractivity contribution in [2.24, 2.45) is 0 Å². The van der Waals surface area contributed by atoms with Crippen molar-refractivity contribution in [3.8, 4) is 5.00 Å². The highest BCUT2D eigenvalue weighted by Gasteiger charge is 2.13. The molecular formula is C16H13N3OS. The number of aromatic amines is 1. The molecule has 5 heteroatoms. The van der Waals surface area contributed by atoms with Gasteiger partial charge in [0.2, 0.25) is 0 Å². The number of pyridine rings is 1. The minimum absolute atomic E-state index is 0.0530. The Morgan fingerprint density at radius 2 is 2.00 bits per heavy atom. The molecule has 1 N–H and O–H groups in total. The molecule has 0 aliphatic rings. The average molecular weight is 295 g/mol. The first kappa shape index (κ1) is 12.3. The van der Waals surface area contributed by atoms with Gasteiger partial charge in [0, 0.05) is 16.5 Å². The zero-order valence-electron chi connectivity index (χ0n) is 11.7. The number of benzene rings is 1. The molecule has 104 valence electrons. The maximum Gasteiger partial charge on any atom is 0.281 e. The Labute approximate surface area is 124 Å². The number of fused-ring (bicyclic) bond motifs is 3. The van der Waals surface area contributed by atoms with E-state index in [0.717, 1.165) is 27.0 Å². The molecule has 0 saturated heterocycles. The minimum atomic E-state index is -0.0530. The molecule has 0 aliphatic carbocycles. The Morgan fingerprint density at radius 3 is 2.76 bits per heavy atom. The summed E-state index contributed by atoms with van der Waals surface area (Å²) in [5, 5.41) is 5.74. The Bertz CT molecular complexity index is 1040. The smallest absolute Gasteiger partial charge is 0.281 e. The third-order valence-electron chi connectivity index (χ3n) is 3.70. The van der Waals surface area contributed by atoms with Crippen molar-refractivity contribution in [1.82, 2.24) is 14.8 Å². The van der Waals surface area contributed by atoms with Crippen molar-refractivity contribution in [1.29, 1.82) is 0 Å². The van der Waals surface area contributed by atoms with Crippen LogP contribution in [0.4, 0.5) is 0 Å². The zero-order chi connectivity index (χ0) is 14.6. The summed E-state index contributed by atoms with van der Waals surface area (Å²) < 4.78 is 1.60. The number of aryl methyl sites for hydroxylation is 2. The molecule has 3 aromatic heterocycles. The van der Waals surface area contributed by atoms with Gasteiger partial charge in [0.15, 0.2) is 0 Å². The predicted octanol–water partition coefficient (Wildman–Crippen LogP) is 3.55. The molecule has 4 aromatic rings. The van der Waals surface area contributed by atoms with Gasteiger partial charge < -0.3 is 0 Å². The molecule has 4 nitrogen and oxygen atoms in total. The summed E-state index contributed by atoms with van der Waals surface area (Å²) in [6.07, 6.45) is 1.67. The molecule has 0 spiro atoms. The summed E-state index contributed by atoms with van der Waals surface area (Å²) >= 11 is 1.59. The molecule has 4 rings (SSSR count). The van der Waals surface area contributed by atoms with Crippen LogP contribution < -0.4 is 5.56 Å². The molecule has 0 atom stereocenters. The van der Waals surface area contributed by atoms with Crippen LogP contribution in [0.5, 0.6) is 0 Å². The second kappa shape index (κ2) is 4.30. The molecule has 0 fully saturated rings. The van der Waals surface area contributed by atoms with Gasteiger partial charge in [-0.15, -0.1) is 11.3 Å². The molecular weight excluding hydrogens is 282 g/mol. The second-order valence-corrected chi connectivity index (χ2v) is 6.42. The maximum atomic E-state index is 12.6. The van der Waals surface area contributed by atoms with E-state index in [9.17, 15) is 4.79 Å². The molecule has 1 aromatic carbocycles. The monoisotopic (exact) mass is 295 g/mol. The van der Waals surface area contributed by atoms with Gasteiger partial charge in [-0.05, 0) is 31.5 Å². The van der Waals surface area contributed by atoms with Gasteiger partial charge in [0.1, 0.15) is 5.00 Å². The molecule has 21 heavy (non-hydrogen) atoms. The second-order valence-electron chi connectivity index (χ2n) is 5.15. The van der Waals surface area contributed by atoms with E-state index in [0.29, 0.717) is 5.39 Å². The normalized spacial score (nSPS) is 11.5. The highest BCUT2D eigenvalue weighted by Crippen LogP contribution is 2.24. The van der Waals surface area contributed by atoms with Gasteiger partial charge in [0.05, 0.1) is 16.4 Å². The maximum absolute atomic E-state index is 12.6. The Hall–Kier alpha value is -2.40. The van der Waals surface area contributed by atoms with E-state index in [1.165, 1.54) is 4.88 Å². The molecule has 0 amide bonds. The Balaban J connectivity index is 2.13. The van der Waals surface area contributed by atoms with Crippen LogP contribution >= 0.6 is 11.3 Å². The largest absolute Gasteiger partial charge is 0.289 e. The van der Waals surface area contributed by atoms with Crippen molar-refractivity contribution < 1.29 is 0 Å². The van der Waals surface area contributed by atoms with Gasteiger partial charge in [-0.1, -0.05) is 18.2 Å². The van der Waals surface area contributed by atoms with Crippen molar-refractivity contribution in [3.05, 3.63) is 57.3 Å². The van der Waals surface area contributed by atoms with E-state index in [4.69, 9.17) is 0 Å². The Kier molecular flexibility index (Phi) is 2.53. The first-order valence-corrected chi connectivity index (χ1v) is 7.52. The fourth-order valence-electron chi connectivity index (χ4n) is 2.63. The minimum Gasteiger partial charge on any atom is -0.289 e. The first-order chi connectivity index (χ1) is 10.1. The van der Waals surface area contributed by atoms with Crippen LogP contribution in [-0.4, -0.2) is 14.8 Å². The predicted molar refractivity (Wildman–Crippen MR) is 86.5 cm³/mol. The first-order valence-electron chi connectivity index (χ1n) is 6.71. The van der Waals surface area contributed by atoms with Crippen molar-refractivity contribution >= 4 is 33.1 Å². The lowest BCUT2D eigenvalue weighted by Crippen LogP contribution is -2.12. The molecule has 3 heterocycles. The van der Waals surface area contributed by atoms with Crippen LogP contribution in [0.3, 0.4) is 0 Å². The highest BCUT2D eigenvalue weighted by molar-refractivity contribution is 7.14. The molecule has 0 aliphatic heterocycles. The third-order valence-corrected chi connectivity index (χ3v) is 4.69. The van der Waals surface area contributed by atoms with Gasteiger partial charge in [-0.3, -0.25) is 14.9 Å². The third kappa shape index (κ3) is 1.74. The van der Waals surface area contributed by atoms with E-state index in [1.807, 2.05) is 44.2 Å². The van der Waals surface area contributed by atoms with Crippen LogP contribution in [0.2, 0.25) is 0 Å². The number of rotatable bonds is 1. The topological polar surface area (TPSA) is 50.7 Å². The molecule has 0 radical (unpaired) electrons. The summed E-state index contributed by atoms with van der Waals surface area (Å²) in [4.78, 5) is 18.2. The number of nitrogens with one attached hydrogen (secondary N) is 1. The summed E-state index contributed by atoms with van der Waals surface area (Å²) in [7, 11) is 0. The number of thiophene rings is 1. The van der Waals surface area contributed by atoms with Gasteiger partial charge in [-0.2, -0.15) is 0 Å². The van der Waals surface area contributed by atoms with Crippen molar-refractivity contribution in [3.63, 3.8) is 0 Å². The number of nitrogens with zero attached hydrogens (tertiary/aromatic N) is 2. The van der Waals surface area contributed by atoms with E-state index in [2.05, 4.69) is 10.1 Å². The fraction of sp³-hybridized carbons (Fsp3) is 0.125. The molecule has 0 unspecified atom stereocenters. The molecule has 0 saturated carbocycles. The lowest BCUT2D eigenvalue weighted by atomic mass is 10.1. The van der Waals surface area contributed by atoms with Crippen molar-refractivity contribution in [2.75, 3.05) is 0 Å². The summed E-state index contributed by atoms with van der Waals surface area (Å²) in [5.74, 6) is 0. The molecule has 0 bridgehead atoms. The number of para-hydroxylation sites is 1. The quantitative estimate of drug-likeness (QED) is 0.584. The van der Waals surface area contributed by atoms with E-state index in [1.54, 1.807) is 22.2 Å². The summed E-state index contributed by atoms with van der Waals surface area (Å²) in [6.45, 7) is 4.06. The fourth-order valence-corrected chi connectivity index (χ4v) is 3.46. The SMILES string of the molecule is Cc1ccc(-n2[nH]c3c(cnc4c(C)cccc43)c2=O)s1. The summed E-state index contributed by atoms with van der Waals surface area (Å²) in [6, 6.07) is 9.98. The summed E-state index contributed by atoms with van der Waals surface area (Å²) in [5.41, 5.74) is 2.83. The van der Waals surface area contributed by atoms with Gasteiger partial charge in [-0.25, -0.2) is 4.68 Å².